The molecule has 0 bridgehead atoms. The summed E-state index contributed by atoms with van der Waals surface area (Å²) in [6.45, 7) is 0. The van der Waals surface area contributed by atoms with Gasteiger partial charge in [0.15, 0.2) is 5.82 Å². The van der Waals surface area contributed by atoms with E-state index in [1.54, 1.807) is 0 Å². The molecule has 206 valence electrons. The van der Waals surface area contributed by atoms with Crippen LogP contribution in [0, 0.1) is 0 Å². The van der Waals surface area contributed by atoms with Crippen molar-refractivity contribution in [1.29, 1.82) is 0 Å². The predicted molar refractivity (Wildman–Crippen MR) is 182 cm³/mol. The second-order valence-electron chi connectivity index (χ2n) is 11.1. The van der Waals surface area contributed by atoms with Crippen molar-refractivity contribution in [3.63, 3.8) is 0 Å². The first-order valence-electron chi connectivity index (χ1n) is 14.9. The third kappa shape index (κ3) is 3.78. The van der Waals surface area contributed by atoms with Crippen LogP contribution in [0.2, 0.25) is 0 Å². The van der Waals surface area contributed by atoms with Gasteiger partial charge in [0.1, 0.15) is 11.6 Å². The normalized spacial score (nSPS) is 11.6. The average molecular weight is 563 g/mol. The SMILES string of the molecule is c1ccc(-c2cccc(-c3nc(-n4c5ccccc5c5ccccc54)cc(-n4c5ccccc5c5ccccc54)n3)c2)cc1. The van der Waals surface area contributed by atoms with Crippen LogP contribution in [-0.2, 0) is 0 Å². The van der Waals surface area contributed by atoms with Crippen molar-refractivity contribution in [3.8, 4) is 34.2 Å². The van der Waals surface area contributed by atoms with Gasteiger partial charge in [0.05, 0.1) is 22.1 Å². The summed E-state index contributed by atoms with van der Waals surface area (Å²) in [5.41, 5.74) is 7.72. The van der Waals surface area contributed by atoms with E-state index in [-0.39, 0.29) is 0 Å². The van der Waals surface area contributed by atoms with E-state index in [0.717, 1.165) is 50.4 Å². The molecular weight excluding hydrogens is 536 g/mol. The van der Waals surface area contributed by atoms with Gasteiger partial charge in [0.2, 0.25) is 0 Å². The maximum atomic E-state index is 5.29. The molecule has 0 N–H and O–H groups in total. The van der Waals surface area contributed by atoms with Gasteiger partial charge >= 0.3 is 0 Å². The highest BCUT2D eigenvalue weighted by molar-refractivity contribution is 6.10. The third-order valence-corrected chi connectivity index (χ3v) is 8.55. The van der Waals surface area contributed by atoms with Crippen LogP contribution in [0.4, 0.5) is 0 Å². The molecule has 0 saturated heterocycles. The molecule has 0 unspecified atom stereocenters. The fourth-order valence-electron chi connectivity index (χ4n) is 6.59. The lowest BCUT2D eigenvalue weighted by Gasteiger charge is -2.14. The van der Waals surface area contributed by atoms with E-state index < -0.39 is 0 Å². The quantitative estimate of drug-likeness (QED) is 0.214. The zero-order valence-electron chi connectivity index (χ0n) is 23.8. The predicted octanol–water partition coefficient (Wildman–Crippen LogP) is 10.0. The molecule has 0 saturated carbocycles. The summed E-state index contributed by atoms with van der Waals surface area (Å²) in [7, 11) is 0. The topological polar surface area (TPSA) is 35.6 Å². The Bertz CT molecular complexity index is 2260. The van der Waals surface area contributed by atoms with Crippen LogP contribution >= 0.6 is 0 Å². The van der Waals surface area contributed by atoms with Gasteiger partial charge in [-0.2, -0.15) is 0 Å². The first-order valence-corrected chi connectivity index (χ1v) is 14.9. The van der Waals surface area contributed by atoms with E-state index in [2.05, 4.69) is 161 Å². The minimum absolute atomic E-state index is 0.680. The molecule has 6 aromatic carbocycles. The summed E-state index contributed by atoms with van der Waals surface area (Å²) in [5, 5.41) is 4.81. The summed E-state index contributed by atoms with van der Waals surface area (Å²) < 4.78 is 4.54. The Morgan fingerprint density at radius 3 is 1.18 bits per heavy atom. The Labute approximate surface area is 254 Å². The fourth-order valence-corrected chi connectivity index (χ4v) is 6.59. The van der Waals surface area contributed by atoms with Gasteiger partial charge in [-0.3, -0.25) is 9.13 Å². The summed E-state index contributed by atoms with van der Waals surface area (Å²) in [5.74, 6) is 2.34. The molecule has 4 heteroatoms. The molecule has 0 aliphatic carbocycles. The maximum Gasteiger partial charge on any atom is 0.163 e. The van der Waals surface area contributed by atoms with Crippen molar-refractivity contribution in [2.45, 2.75) is 0 Å². The van der Waals surface area contributed by atoms with Crippen LogP contribution in [0.3, 0.4) is 0 Å². The lowest BCUT2D eigenvalue weighted by molar-refractivity contribution is 0.994. The van der Waals surface area contributed by atoms with E-state index in [4.69, 9.17) is 9.97 Å². The number of nitrogens with zero attached hydrogens (tertiary/aromatic N) is 4. The zero-order valence-corrected chi connectivity index (χ0v) is 23.8. The van der Waals surface area contributed by atoms with Crippen LogP contribution in [0.1, 0.15) is 0 Å². The molecule has 0 atom stereocenters. The van der Waals surface area contributed by atoms with E-state index in [1.807, 2.05) is 6.07 Å². The second-order valence-corrected chi connectivity index (χ2v) is 11.1. The van der Waals surface area contributed by atoms with Crippen molar-refractivity contribution in [2.75, 3.05) is 0 Å². The standard InChI is InChI=1S/C40H26N4/c1-2-13-27(14-3-1)28-15-12-16-29(25-28)40-41-38(43-34-21-8-4-17-30(34)31-18-5-9-22-35(31)43)26-39(42-40)44-36-23-10-6-19-32(36)33-20-7-11-24-37(33)44/h1-26H. The Balaban J connectivity index is 1.37. The van der Waals surface area contributed by atoms with Gasteiger partial charge in [-0.1, -0.05) is 121 Å². The molecule has 4 nitrogen and oxygen atoms in total. The molecule has 0 amide bonds. The molecule has 3 aromatic heterocycles. The number of fused-ring (bicyclic) bond motifs is 6. The Morgan fingerprint density at radius 1 is 0.318 bits per heavy atom. The molecule has 3 heterocycles. The van der Waals surface area contributed by atoms with Crippen LogP contribution in [0.5, 0.6) is 0 Å². The van der Waals surface area contributed by atoms with Crippen LogP contribution in [0.25, 0.3) is 77.8 Å². The fraction of sp³-hybridized carbons (Fsp3) is 0. The largest absolute Gasteiger partial charge is 0.294 e. The molecule has 0 fully saturated rings. The van der Waals surface area contributed by atoms with Crippen molar-refractivity contribution in [1.82, 2.24) is 19.1 Å². The molecular formula is C40H26N4. The third-order valence-electron chi connectivity index (χ3n) is 8.55. The molecule has 0 aliphatic heterocycles. The van der Waals surface area contributed by atoms with Crippen LogP contribution in [-0.4, -0.2) is 19.1 Å². The smallest absolute Gasteiger partial charge is 0.163 e. The highest BCUT2D eigenvalue weighted by Gasteiger charge is 2.19. The molecule has 9 rings (SSSR count). The van der Waals surface area contributed by atoms with Crippen molar-refractivity contribution in [2.24, 2.45) is 0 Å². The Kier molecular flexibility index (Phi) is 5.47. The van der Waals surface area contributed by atoms with Crippen LogP contribution < -0.4 is 0 Å². The molecule has 44 heavy (non-hydrogen) atoms. The first kappa shape index (κ1) is 24.6. The number of aromatic nitrogens is 4. The summed E-state index contributed by atoms with van der Waals surface area (Å²) >= 11 is 0. The van der Waals surface area contributed by atoms with Gasteiger partial charge < -0.3 is 0 Å². The minimum atomic E-state index is 0.680. The van der Waals surface area contributed by atoms with Gasteiger partial charge in [-0.25, -0.2) is 9.97 Å². The number of hydrogen-bond donors (Lipinski definition) is 0. The highest BCUT2D eigenvalue weighted by atomic mass is 15.1. The van der Waals surface area contributed by atoms with Crippen molar-refractivity contribution in [3.05, 3.63) is 158 Å². The van der Waals surface area contributed by atoms with E-state index in [9.17, 15) is 0 Å². The second kappa shape index (κ2) is 9.79. The summed E-state index contributed by atoms with van der Waals surface area (Å²) in [6.07, 6.45) is 0. The monoisotopic (exact) mass is 562 g/mol. The number of benzene rings is 6. The summed E-state index contributed by atoms with van der Waals surface area (Å²) in [4.78, 5) is 10.6. The van der Waals surface area contributed by atoms with E-state index in [1.165, 1.54) is 21.5 Å². The van der Waals surface area contributed by atoms with E-state index >= 15 is 0 Å². The van der Waals surface area contributed by atoms with E-state index in [0.29, 0.717) is 5.82 Å². The van der Waals surface area contributed by atoms with Gasteiger partial charge in [0.25, 0.3) is 0 Å². The van der Waals surface area contributed by atoms with Gasteiger partial charge in [0, 0.05) is 33.2 Å². The van der Waals surface area contributed by atoms with Gasteiger partial charge in [-0.05, 0) is 41.5 Å². The Morgan fingerprint density at radius 2 is 0.705 bits per heavy atom. The van der Waals surface area contributed by atoms with Crippen molar-refractivity contribution < 1.29 is 0 Å². The Hall–Kier alpha value is -6.00. The average Bonchev–Trinajstić information content (AvgIpc) is 3.62. The molecule has 0 aliphatic rings. The first-order chi connectivity index (χ1) is 21.8. The van der Waals surface area contributed by atoms with Crippen LogP contribution in [0.15, 0.2) is 158 Å². The number of hydrogen-bond acceptors (Lipinski definition) is 2. The summed E-state index contributed by atoms with van der Waals surface area (Å²) in [6, 6.07) is 55.3. The maximum absolute atomic E-state index is 5.29. The lowest BCUT2D eigenvalue weighted by atomic mass is 10.0. The highest BCUT2D eigenvalue weighted by Crippen LogP contribution is 2.35. The number of para-hydroxylation sites is 4. The zero-order chi connectivity index (χ0) is 29.0. The van der Waals surface area contributed by atoms with Gasteiger partial charge in [-0.15, -0.1) is 0 Å². The lowest BCUT2D eigenvalue weighted by Crippen LogP contribution is -2.06. The molecule has 9 aromatic rings. The number of rotatable bonds is 4. The van der Waals surface area contributed by atoms with Crippen molar-refractivity contribution >= 4 is 43.6 Å². The molecule has 0 radical (unpaired) electrons. The molecule has 0 spiro atoms. The minimum Gasteiger partial charge on any atom is -0.294 e.